The second kappa shape index (κ2) is 3.94. The number of rotatable bonds is 3. The predicted molar refractivity (Wildman–Crippen MR) is 59.6 cm³/mol. The number of para-hydroxylation sites is 1. The highest BCUT2D eigenvalue weighted by Gasteiger charge is 2.05. The Morgan fingerprint density at radius 2 is 2.36 bits per heavy atom. The molecule has 1 aromatic carbocycles. The van der Waals surface area contributed by atoms with Crippen molar-refractivity contribution in [2.75, 3.05) is 19.5 Å². The lowest BCUT2D eigenvalue weighted by atomic mass is 10.1. The minimum absolute atomic E-state index is 0.630. The van der Waals surface area contributed by atoms with E-state index < -0.39 is 0 Å². The summed E-state index contributed by atoms with van der Waals surface area (Å²) in [4.78, 5) is 4.31. The molecule has 0 amide bonds. The number of aromatic nitrogens is 1. The topological polar surface area (TPSA) is 48.1 Å². The predicted octanol–water partition coefficient (Wildman–Crippen LogP) is 2.07. The van der Waals surface area contributed by atoms with Crippen LogP contribution in [-0.4, -0.2) is 18.7 Å². The molecule has 0 saturated carbocycles. The van der Waals surface area contributed by atoms with E-state index in [0.29, 0.717) is 5.13 Å². The van der Waals surface area contributed by atoms with Crippen LogP contribution < -0.4 is 5.73 Å². The Bertz CT molecular complexity index is 439. The Morgan fingerprint density at radius 1 is 1.50 bits per heavy atom. The Kier molecular flexibility index (Phi) is 2.65. The molecule has 0 spiro atoms. The fraction of sp³-hybridized carbons (Fsp3) is 0.300. The molecule has 2 rings (SSSR count). The van der Waals surface area contributed by atoms with Crippen molar-refractivity contribution in [2.45, 2.75) is 6.42 Å². The molecule has 3 nitrogen and oxygen atoms in total. The average Bonchev–Trinajstić information content (AvgIpc) is 2.55. The second-order valence-corrected chi connectivity index (χ2v) is 4.12. The first kappa shape index (κ1) is 9.43. The molecule has 0 saturated heterocycles. The SMILES string of the molecule is COCCc1cccc2sc(N)nc12. The normalized spacial score (nSPS) is 10.9. The van der Waals surface area contributed by atoms with Crippen molar-refractivity contribution in [3.63, 3.8) is 0 Å². The second-order valence-electron chi connectivity index (χ2n) is 3.06. The van der Waals surface area contributed by atoms with Gasteiger partial charge in [-0.05, 0) is 18.1 Å². The number of ether oxygens (including phenoxy) is 1. The van der Waals surface area contributed by atoms with Crippen LogP contribution in [0.15, 0.2) is 18.2 Å². The molecule has 0 atom stereocenters. The molecule has 74 valence electrons. The summed E-state index contributed by atoms with van der Waals surface area (Å²) >= 11 is 1.53. The number of nitrogen functional groups attached to an aromatic ring is 1. The van der Waals surface area contributed by atoms with E-state index in [9.17, 15) is 0 Å². The van der Waals surface area contributed by atoms with Crippen LogP contribution in [-0.2, 0) is 11.2 Å². The maximum absolute atomic E-state index is 5.66. The number of hydrogen-bond donors (Lipinski definition) is 1. The summed E-state index contributed by atoms with van der Waals surface area (Å²) in [5, 5.41) is 0.630. The van der Waals surface area contributed by atoms with Crippen molar-refractivity contribution < 1.29 is 4.74 Å². The Labute approximate surface area is 86.5 Å². The molecular formula is C10H12N2OS. The van der Waals surface area contributed by atoms with Crippen LogP contribution in [0.25, 0.3) is 10.2 Å². The minimum Gasteiger partial charge on any atom is -0.384 e. The van der Waals surface area contributed by atoms with Gasteiger partial charge in [-0.3, -0.25) is 0 Å². The largest absolute Gasteiger partial charge is 0.384 e. The summed E-state index contributed by atoms with van der Waals surface area (Å²) in [7, 11) is 1.70. The van der Waals surface area contributed by atoms with E-state index in [2.05, 4.69) is 11.1 Å². The van der Waals surface area contributed by atoms with Crippen LogP contribution in [0.5, 0.6) is 0 Å². The quantitative estimate of drug-likeness (QED) is 0.840. The molecule has 1 heterocycles. The molecule has 0 aliphatic carbocycles. The maximum Gasteiger partial charge on any atom is 0.181 e. The third kappa shape index (κ3) is 1.71. The molecule has 4 heteroatoms. The van der Waals surface area contributed by atoms with Crippen molar-refractivity contribution in [2.24, 2.45) is 0 Å². The van der Waals surface area contributed by atoms with Gasteiger partial charge >= 0.3 is 0 Å². The molecule has 1 aromatic heterocycles. The third-order valence-corrected chi connectivity index (χ3v) is 2.94. The van der Waals surface area contributed by atoms with Crippen LogP contribution in [0.2, 0.25) is 0 Å². The Hall–Kier alpha value is -1.13. The van der Waals surface area contributed by atoms with Gasteiger partial charge in [0.05, 0.1) is 16.8 Å². The highest BCUT2D eigenvalue weighted by molar-refractivity contribution is 7.22. The number of fused-ring (bicyclic) bond motifs is 1. The van der Waals surface area contributed by atoms with Gasteiger partial charge < -0.3 is 10.5 Å². The fourth-order valence-corrected chi connectivity index (χ4v) is 2.22. The van der Waals surface area contributed by atoms with Gasteiger partial charge in [-0.1, -0.05) is 23.5 Å². The molecule has 0 fully saturated rings. The van der Waals surface area contributed by atoms with Crippen LogP contribution >= 0.6 is 11.3 Å². The standard InChI is InChI=1S/C10H12N2OS/c1-13-6-5-7-3-2-4-8-9(7)12-10(11)14-8/h2-4H,5-6H2,1H3,(H2,11,12). The number of benzene rings is 1. The number of anilines is 1. The van der Waals surface area contributed by atoms with Gasteiger partial charge in [-0.15, -0.1) is 0 Å². The molecule has 0 bridgehead atoms. The molecule has 0 radical (unpaired) electrons. The summed E-state index contributed by atoms with van der Waals surface area (Å²) in [5.74, 6) is 0. The number of nitrogens with zero attached hydrogens (tertiary/aromatic N) is 1. The van der Waals surface area contributed by atoms with Crippen LogP contribution in [0, 0.1) is 0 Å². The first-order valence-corrected chi connectivity index (χ1v) is 5.26. The van der Waals surface area contributed by atoms with Gasteiger partial charge in [0.1, 0.15) is 0 Å². The van der Waals surface area contributed by atoms with E-state index >= 15 is 0 Å². The van der Waals surface area contributed by atoms with Crippen molar-refractivity contribution in [3.8, 4) is 0 Å². The molecular weight excluding hydrogens is 196 g/mol. The monoisotopic (exact) mass is 208 g/mol. The number of thiazole rings is 1. The zero-order valence-electron chi connectivity index (χ0n) is 7.99. The molecule has 2 aromatic rings. The van der Waals surface area contributed by atoms with Crippen molar-refractivity contribution in [1.82, 2.24) is 4.98 Å². The maximum atomic E-state index is 5.66. The lowest BCUT2D eigenvalue weighted by molar-refractivity contribution is 0.202. The molecule has 14 heavy (non-hydrogen) atoms. The first-order valence-electron chi connectivity index (χ1n) is 4.44. The van der Waals surface area contributed by atoms with Crippen molar-refractivity contribution in [1.29, 1.82) is 0 Å². The number of nitrogens with two attached hydrogens (primary N) is 1. The van der Waals surface area contributed by atoms with E-state index in [1.54, 1.807) is 7.11 Å². The molecule has 0 unspecified atom stereocenters. The number of methoxy groups -OCH3 is 1. The van der Waals surface area contributed by atoms with E-state index in [4.69, 9.17) is 10.5 Å². The van der Waals surface area contributed by atoms with Gasteiger partial charge in [0.15, 0.2) is 5.13 Å². The van der Waals surface area contributed by atoms with Gasteiger partial charge in [-0.25, -0.2) is 4.98 Å². The van der Waals surface area contributed by atoms with Gasteiger partial charge in [0, 0.05) is 7.11 Å². The summed E-state index contributed by atoms with van der Waals surface area (Å²) in [5.41, 5.74) is 7.89. The molecule has 0 aliphatic rings. The highest BCUT2D eigenvalue weighted by atomic mass is 32.1. The Morgan fingerprint density at radius 3 is 3.14 bits per heavy atom. The van der Waals surface area contributed by atoms with Crippen LogP contribution in [0.4, 0.5) is 5.13 Å². The molecule has 2 N–H and O–H groups in total. The average molecular weight is 208 g/mol. The fourth-order valence-electron chi connectivity index (χ4n) is 1.44. The smallest absolute Gasteiger partial charge is 0.181 e. The minimum atomic E-state index is 0.630. The summed E-state index contributed by atoms with van der Waals surface area (Å²) in [6.07, 6.45) is 0.886. The van der Waals surface area contributed by atoms with Crippen LogP contribution in [0.1, 0.15) is 5.56 Å². The van der Waals surface area contributed by atoms with E-state index in [1.165, 1.54) is 16.9 Å². The van der Waals surface area contributed by atoms with Crippen LogP contribution in [0.3, 0.4) is 0 Å². The highest BCUT2D eigenvalue weighted by Crippen LogP contribution is 2.26. The Balaban J connectivity index is 2.42. The van der Waals surface area contributed by atoms with Gasteiger partial charge in [-0.2, -0.15) is 0 Å². The lowest BCUT2D eigenvalue weighted by Crippen LogP contribution is -1.95. The van der Waals surface area contributed by atoms with E-state index in [1.807, 2.05) is 12.1 Å². The van der Waals surface area contributed by atoms with Crippen molar-refractivity contribution >= 4 is 26.7 Å². The van der Waals surface area contributed by atoms with Gasteiger partial charge in [0.25, 0.3) is 0 Å². The first-order chi connectivity index (χ1) is 6.81. The summed E-state index contributed by atoms with van der Waals surface area (Å²) in [6.45, 7) is 0.719. The zero-order valence-corrected chi connectivity index (χ0v) is 8.80. The van der Waals surface area contributed by atoms with Crippen molar-refractivity contribution in [3.05, 3.63) is 23.8 Å². The number of hydrogen-bond acceptors (Lipinski definition) is 4. The summed E-state index contributed by atoms with van der Waals surface area (Å²) in [6, 6.07) is 6.14. The third-order valence-electron chi connectivity index (χ3n) is 2.09. The molecule has 0 aliphatic heterocycles. The summed E-state index contributed by atoms with van der Waals surface area (Å²) < 4.78 is 6.20. The zero-order chi connectivity index (χ0) is 9.97. The van der Waals surface area contributed by atoms with E-state index in [-0.39, 0.29) is 0 Å². The lowest BCUT2D eigenvalue weighted by Gasteiger charge is -2.00. The van der Waals surface area contributed by atoms with Gasteiger partial charge in [0.2, 0.25) is 0 Å². The van der Waals surface area contributed by atoms with E-state index in [0.717, 1.165) is 23.2 Å².